The van der Waals surface area contributed by atoms with Crippen molar-refractivity contribution in [3.8, 4) is 0 Å². The van der Waals surface area contributed by atoms with Crippen LogP contribution in [0.1, 0.15) is 45.2 Å². The summed E-state index contributed by atoms with van der Waals surface area (Å²) in [6, 6.07) is 7.99. The Morgan fingerprint density at radius 3 is 2.46 bits per heavy atom. The van der Waals surface area contributed by atoms with Crippen LogP contribution in [0.25, 0.3) is 5.57 Å². The summed E-state index contributed by atoms with van der Waals surface area (Å²) in [5, 5.41) is 16.1. The zero-order valence-electron chi connectivity index (χ0n) is 14.7. The van der Waals surface area contributed by atoms with Crippen molar-refractivity contribution in [2.45, 2.75) is 51.8 Å². The van der Waals surface area contributed by atoms with E-state index in [9.17, 15) is 9.90 Å². The second-order valence-electron chi connectivity index (χ2n) is 7.10. The molecule has 1 fully saturated rings. The average molecular weight is 327 g/mol. The monoisotopic (exact) mass is 327 g/mol. The zero-order chi connectivity index (χ0) is 17.5. The number of aliphatic hydroxyl groups is 1. The van der Waals surface area contributed by atoms with Gasteiger partial charge in [-0.3, -0.25) is 4.79 Å². The van der Waals surface area contributed by atoms with Crippen LogP contribution >= 0.6 is 0 Å². The highest BCUT2D eigenvalue weighted by Crippen LogP contribution is 2.29. The molecule has 2 aliphatic rings. The van der Waals surface area contributed by atoms with Gasteiger partial charge in [-0.1, -0.05) is 29.8 Å². The molecule has 24 heavy (non-hydrogen) atoms. The van der Waals surface area contributed by atoms with E-state index in [2.05, 4.69) is 36.4 Å². The molecule has 2 heterocycles. The summed E-state index contributed by atoms with van der Waals surface area (Å²) in [6.07, 6.45) is 0.196. The van der Waals surface area contributed by atoms with Gasteiger partial charge in [-0.15, -0.1) is 0 Å². The van der Waals surface area contributed by atoms with Crippen molar-refractivity contribution in [1.29, 1.82) is 0 Å². The normalized spacial score (nSPS) is 29.4. The summed E-state index contributed by atoms with van der Waals surface area (Å²) in [6.45, 7) is 8.68. The van der Waals surface area contributed by atoms with E-state index in [1.807, 2.05) is 31.2 Å². The highest BCUT2D eigenvalue weighted by atomic mass is 16.3. The van der Waals surface area contributed by atoms with Crippen LogP contribution in [0, 0.1) is 0 Å². The van der Waals surface area contributed by atoms with Crippen LogP contribution in [-0.4, -0.2) is 35.5 Å². The number of aliphatic imine (C=N–C) groups is 1. The molecular formula is C19H25N3O2. The Labute approximate surface area is 142 Å². The number of carbonyl (C=O) groups excluding carboxylic acids is 1. The van der Waals surface area contributed by atoms with Crippen LogP contribution in [0.5, 0.6) is 0 Å². The van der Waals surface area contributed by atoms with Crippen LogP contribution in [0.4, 0.5) is 0 Å². The Hall–Kier alpha value is -1.98. The van der Waals surface area contributed by atoms with Crippen molar-refractivity contribution in [1.82, 2.24) is 10.6 Å². The Balaban J connectivity index is 1.82. The molecule has 3 N–H and O–H groups in total. The van der Waals surface area contributed by atoms with Crippen molar-refractivity contribution < 1.29 is 9.90 Å². The van der Waals surface area contributed by atoms with Crippen LogP contribution in [0.3, 0.4) is 0 Å². The van der Waals surface area contributed by atoms with Crippen LogP contribution in [0.2, 0.25) is 0 Å². The van der Waals surface area contributed by atoms with Crippen molar-refractivity contribution in [3.63, 3.8) is 0 Å². The summed E-state index contributed by atoms with van der Waals surface area (Å²) in [5.74, 6) is 0.441. The van der Waals surface area contributed by atoms with Crippen LogP contribution in [-0.2, 0) is 10.3 Å². The first kappa shape index (κ1) is 16.9. The van der Waals surface area contributed by atoms with Crippen molar-refractivity contribution in [2.75, 3.05) is 6.54 Å². The summed E-state index contributed by atoms with van der Waals surface area (Å²) < 4.78 is 0. The van der Waals surface area contributed by atoms with Gasteiger partial charge in [0.1, 0.15) is 11.4 Å². The lowest BCUT2D eigenvalue weighted by atomic mass is 9.90. The first-order valence-electron chi connectivity index (χ1n) is 8.39. The number of hydrogen-bond donors (Lipinski definition) is 3. The van der Waals surface area contributed by atoms with E-state index in [-0.39, 0.29) is 18.1 Å². The quantitative estimate of drug-likeness (QED) is 0.793. The predicted octanol–water partition coefficient (Wildman–Crippen LogP) is 1.97. The Morgan fingerprint density at radius 2 is 1.92 bits per heavy atom. The maximum absolute atomic E-state index is 12.5. The first-order valence-corrected chi connectivity index (χ1v) is 8.39. The zero-order valence-corrected chi connectivity index (χ0v) is 14.7. The first-order chi connectivity index (χ1) is 11.3. The van der Waals surface area contributed by atoms with E-state index in [1.54, 1.807) is 0 Å². The molecule has 0 radical (unpaired) electrons. The molecular weight excluding hydrogens is 302 g/mol. The second-order valence-corrected chi connectivity index (χ2v) is 7.10. The number of benzene rings is 1. The SMILES string of the molecule is CC(C)=C(C)c1ccc([C@]2(C)NC(C3C[C@@H](O)CN3)=NC2=O)cc1. The molecule has 0 bridgehead atoms. The molecule has 1 aromatic rings. The predicted molar refractivity (Wildman–Crippen MR) is 95.7 cm³/mol. The number of carbonyl (C=O) groups is 1. The van der Waals surface area contributed by atoms with Crippen molar-refractivity contribution in [3.05, 3.63) is 41.0 Å². The maximum Gasteiger partial charge on any atom is 0.277 e. The van der Waals surface area contributed by atoms with E-state index in [1.165, 1.54) is 11.1 Å². The number of aliphatic hydroxyl groups excluding tert-OH is 1. The standard InChI is InChI=1S/C19H25N3O2/c1-11(2)12(3)13-5-7-14(8-6-13)19(4)18(24)21-17(22-19)16-9-15(23)10-20-16/h5-8,15-16,20,23H,9-10H2,1-4H3,(H,21,22,24)/t15-,16?,19+/m1/s1. The molecule has 128 valence electrons. The molecule has 1 saturated heterocycles. The van der Waals surface area contributed by atoms with Gasteiger partial charge in [0.15, 0.2) is 0 Å². The van der Waals surface area contributed by atoms with Gasteiger partial charge in [-0.25, -0.2) is 0 Å². The van der Waals surface area contributed by atoms with Crippen molar-refractivity contribution >= 4 is 17.3 Å². The van der Waals surface area contributed by atoms with Gasteiger partial charge in [-0.05, 0) is 50.8 Å². The Kier molecular flexibility index (Phi) is 4.32. The van der Waals surface area contributed by atoms with Gasteiger partial charge in [0.2, 0.25) is 0 Å². The van der Waals surface area contributed by atoms with Crippen LogP contribution in [0.15, 0.2) is 34.8 Å². The third-order valence-electron chi connectivity index (χ3n) is 5.11. The third kappa shape index (κ3) is 2.89. The molecule has 0 aromatic heterocycles. The molecule has 3 atom stereocenters. The van der Waals surface area contributed by atoms with Gasteiger partial charge in [0.05, 0.1) is 12.1 Å². The minimum atomic E-state index is -0.845. The fourth-order valence-corrected chi connectivity index (χ4v) is 3.19. The van der Waals surface area contributed by atoms with E-state index in [0.29, 0.717) is 18.8 Å². The highest BCUT2D eigenvalue weighted by molar-refractivity contribution is 6.08. The van der Waals surface area contributed by atoms with E-state index in [4.69, 9.17) is 0 Å². The average Bonchev–Trinajstić information content (AvgIpc) is 3.11. The summed E-state index contributed by atoms with van der Waals surface area (Å²) >= 11 is 0. The minimum Gasteiger partial charge on any atom is -0.392 e. The molecule has 5 nitrogen and oxygen atoms in total. The number of amides is 1. The lowest BCUT2D eigenvalue weighted by Crippen LogP contribution is -2.47. The van der Waals surface area contributed by atoms with Gasteiger partial charge in [0, 0.05) is 6.54 Å². The molecule has 3 rings (SSSR count). The fraction of sp³-hybridized carbons (Fsp3) is 0.474. The summed E-state index contributed by atoms with van der Waals surface area (Å²) in [5.41, 5.74) is 3.74. The number of hydrogen-bond acceptors (Lipinski definition) is 4. The number of β-amino-alcohol motifs (C(OH)–C–C–N with tert-alkyl or cyclic N) is 1. The van der Waals surface area contributed by atoms with Crippen molar-refractivity contribution in [2.24, 2.45) is 4.99 Å². The van der Waals surface area contributed by atoms with E-state index >= 15 is 0 Å². The molecule has 0 saturated carbocycles. The summed E-state index contributed by atoms with van der Waals surface area (Å²) in [7, 11) is 0. The Morgan fingerprint density at radius 1 is 1.25 bits per heavy atom. The van der Waals surface area contributed by atoms with E-state index < -0.39 is 5.54 Å². The molecule has 1 aromatic carbocycles. The number of allylic oxidation sites excluding steroid dienone is 2. The lowest BCUT2D eigenvalue weighted by molar-refractivity contribution is -0.122. The van der Waals surface area contributed by atoms with Gasteiger partial charge < -0.3 is 15.7 Å². The smallest absolute Gasteiger partial charge is 0.277 e. The number of amidine groups is 1. The number of nitrogens with zero attached hydrogens (tertiary/aromatic N) is 1. The largest absolute Gasteiger partial charge is 0.392 e. The van der Waals surface area contributed by atoms with Gasteiger partial charge in [-0.2, -0.15) is 4.99 Å². The second kappa shape index (κ2) is 6.15. The van der Waals surface area contributed by atoms with Gasteiger partial charge in [0.25, 0.3) is 5.91 Å². The minimum absolute atomic E-state index is 0.0852. The van der Waals surface area contributed by atoms with Crippen LogP contribution < -0.4 is 10.6 Å². The molecule has 1 unspecified atom stereocenters. The summed E-state index contributed by atoms with van der Waals surface area (Å²) in [4.78, 5) is 16.7. The molecule has 0 aliphatic carbocycles. The van der Waals surface area contributed by atoms with E-state index in [0.717, 1.165) is 11.1 Å². The topological polar surface area (TPSA) is 73.7 Å². The number of rotatable bonds is 3. The lowest BCUT2D eigenvalue weighted by Gasteiger charge is -2.25. The molecule has 0 spiro atoms. The van der Waals surface area contributed by atoms with Gasteiger partial charge >= 0.3 is 0 Å². The number of nitrogens with one attached hydrogen (secondary N) is 2. The highest BCUT2D eigenvalue weighted by Gasteiger charge is 2.43. The molecule has 2 aliphatic heterocycles. The third-order valence-corrected chi connectivity index (χ3v) is 5.11. The fourth-order valence-electron chi connectivity index (χ4n) is 3.19. The molecule has 5 heteroatoms. The Bertz CT molecular complexity index is 717. The maximum atomic E-state index is 12.5. The molecule has 1 amide bonds.